The molecular formula is C16H17ClN2O. The van der Waals surface area contributed by atoms with Crippen molar-refractivity contribution in [3.8, 4) is 0 Å². The van der Waals surface area contributed by atoms with E-state index in [0.717, 1.165) is 22.4 Å². The molecular weight excluding hydrogens is 272 g/mol. The zero-order valence-corrected chi connectivity index (χ0v) is 12.5. The molecule has 0 unspecified atom stereocenters. The van der Waals surface area contributed by atoms with Gasteiger partial charge in [0.05, 0.1) is 0 Å². The number of aryl methyl sites for hydroxylation is 3. The summed E-state index contributed by atoms with van der Waals surface area (Å²) in [4.78, 5) is 12.0. The van der Waals surface area contributed by atoms with Gasteiger partial charge in [-0.15, -0.1) is 0 Å². The van der Waals surface area contributed by atoms with Crippen LogP contribution < -0.4 is 10.6 Å². The fraction of sp³-hybridized carbons (Fsp3) is 0.188. The first-order valence-electron chi connectivity index (χ1n) is 6.37. The fourth-order valence-electron chi connectivity index (χ4n) is 1.88. The lowest BCUT2D eigenvalue weighted by molar-refractivity contribution is 0.262. The van der Waals surface area contributed by atoms with Gasteiger partial charge in [0, 0.05) is 16.4 Å². The van der Waals surface area contributed by atoms with Crippen molar-refractivity contribution in [3.05, 3.63) is 58.1 Å². The highest BCUT2D eigenvalue weighted by atomic mass is 35.5. The van der Waals surface area contributed by atoms with Crippen molar-refractivity contribution in [2.75, 3.05) is 10.6 Å². The molecule has 0 heterocycles. The topological polar surface area (TPSA) is 41.1 Å². The van der Waals surface area contributed by atoms with Gasteiger partial charge in [0.25, 0.3) is 0 Å². The number of benzene rings is 2. The van der Waals surface area contributed by atoms with Crippen molar-refractivity contribution in [1.29, 1.82) is 0 Å². The van der Waals surface area contributed by atoms with Crippen molar-refractivity contribution in [2.45, 2.75) is 20.8 Å². The quantitative estimate of drug-likeness (QED) is 0.810. The summed E-state index contributed by atoms with van der Waals surface area (Å²) >= 11 is 5.93. The van der Waals surface area contributed by atoms with Crippen molar-refractivity contribution in [2.24, 2.45) is 0 Å². The standard InChI is InChI=1S/C16H17ClN2O/c1-10-4-5-11(2)14(8-10)18-16(20)19-15-9-13(17)7-6-12(15)3/h4-9H,1-3H3,(H2,18,19,20). The molecule has 0 saturated carbocycles. The number of anilines is 2. The first-order chi connectivity index (χ1) is 9.45. The Labute approximate surface area is 124 Å². The summed E-state index contributed by atoms with van der Waals surface area (Å²) in [5.41, 5.74) is 4.60. The summed E-state index contributed by atoms with van der Waals surface area (Å²) in [5.74, 6) is 0. The van der Waals surface area contributed by atoms with Crippen molar-refractivity contribution >= 4 is 29.0 Å². The molecule has 2 N–H and O–H groups in total. The summed E-state index contributed by atoms with van der Waals surface area (Å²) in [6.07, 6.45) is 0. The smallest absolute Gasteiger partial charge is 0.307 e. The van der Waals surface area contributed by atoms with E-state index < -0.39 is 0 Å². The third-order valence-electron chi connectivity index (χ3n) is 3.09. The Kier molecular flexibility index (Phi) is 4.30. The first kappa shape index (κ1) is 14.4. The van der Waals surface area contributed by atoms with Crippen LogP contribution in [0, 0.1) is 20.8 Å². The molecule has 2 aromatic rings. The van der Waals surface area contributed by atoms with E-state index in [0.29, 0.717) is 10.7 Å². The van der Waals surface area contributed by atoms with Gasteiger partial charge in [0.2, 0.25) is 0 Å². The number of nitrogens with one attached hydrogen (secondary N) is 2. The second-order valence-corrected chi connectivity index (χ2v) is 5.29. The van der Waals surface area contributed by atoms with E-state index in [1.165, 1.54) is 0 Å². The summed E-state index contributed by atoms with van der Waals surface area (Å²) in [6, 6.07) is 11.1. The van der Waals surface area contributed by atoms with Crippen LogP contribution in [0.2, 0.25) is 5.02 Å². The van der Waals surface area contributed by atoms with Crippen LogP contribution in [-0.4, -0.2) is 6.03 Å². The molecule has 20 heavy (non-hydrogen) atoms. The summed E-state index contributed by atoms with van der Waals surface area (Å²) < 4.78 is 0. The van der Waals surface area contributed by atoms with Crippen LogP contribution in [0.1, 0.15) is 16.7 Å². The number of carbonyl (C=O) groups excluding carboxylic acids is 1. The maximum atomic E-state index is 12.0. The predicted molar refractivity (Wildman–Crippen MR) is 84.7 cm³/mol. The Hall–Kier alpha value is -2.00. The molecule has 0 aliphatic rings. The highest BCUT2D eigenvalue weighted by Crippen LogP contribution is 2.21. The Morgan fingerprint density at radius 1 is 0.900 bits per heavy atom. The van der Waals surface area contributed by atoms with Crippen LogP contribution in [0.4, 0.5) is 16.2 Å². The molecule has 4 heteroatoms. The van der Waals surface area contributed by atoms with E-state index in [1.807, 2.05) is 45.0 Å². The van der Waals surface area contributed by atoms with Gasteiger partial charge in [-0.05, 0) is 55.7 Å². The molecule has 2 aromatic carbocycles. The minimum atomic E-state index is -0.274. The highest BCUT2D eigenvalue weighted by molar-refractivity contribution is 6.31. The third-order valence-corrected chi connectivity index (χ3v) is 3.32. The van der Waals surface area contributed by atoms with Gasteiger partial charge < -0.3 is 10.6 Å². The van der Waals surface area contributed by atoms with Gasteiger partial charge in [-0.2, -0.15) is 0 Å². The van der Waals surface area contributed by atoms with Gasteiger partial charge in [0.15, 0.2) is 0 Å². The van der Waals surface area contributed by atoms with E-state index in [4.69, 9.17) is 11.6 Å². The van der Waals surface area contributed by atoms with Crippen LogP contribution in [0.3, 0.4) is 0 Å². The van der Waals surface area contributed by atoms with Crippen LogP contribution in [-0.2, 0) is 0 Å². The number of amides is 2. The van der Waals surface area contributed by atoms with Crippen molar-refractivity contribution < 1.29 is 4.79 Å². The molecule has 104 valence electrons. The van der Waals surface area contributed by atoms with E-state index in [9.17, 15) is 4.79 Å². The van der Waals surface area contributed by atoms with Gasteiger partial charge in [-0.3, -0.25) is 0 Å². The molecule has 0 saturated heterocycles. The fourth-order valence-corrected chi connectivity index (χ4v) is 2.05. The minimum absolute atomic E-state index is 0.274. The largest absolute Gasteiger partial charge is 0.323 e. The lowest BCUT2D eigenvalue weighted by Crippen LogP contribution is -2.20. The van der Waals surface area contributed by atoms with Crippen molar-refractivity contribution in [3.63, 3.8) is 0 Å². The lowest BCUT2D eigenvalue weighted by Gasteiger charge is -2.12. The van der Waals surface area contributed by atoms with Gasteiger partial charge >= 0.3 is 6.03 Å². The van der Waals surface area contributed by atoms with Crippen LogP contribution in [0.15, 0.2) is 36.4 Å². The second-order valence-electron chi connectivity index (χ2n) is 4.86. The van der Waals surface area contributed by atoms with E-state index in [-0.39, 0.29) is 6.03 Å². The number of hydrogen-bond acceptors (Lipinski definition) is 1. The van der Waals surface area contributed by atoms with E-state index in [1.54, 1.807) is 12.1 Å². The first-order valence-corrected chi connectivity index (χ1v) is 6.75. The molecule has 2 rings (SSSR count). The van der Waals surface area contributed by atoms with Crippen LogP contribution >= 0.6 is 11.6 Å². The summed E-state index contributed by atoms with van der Waals surface area (Å²) in [7, 11) is 0. The maximum Gasteiger partial charge on any atom is 0.323 e. The average molecular weight is 289 g/mol. The number of hydrogen-bond donors (Lipinski definition) is 2. The Morgan fingerprint density at radius 2 is 1.45 bits per heavy atom. The normalized spacial score (nSPS) is 10.2. The molecule has 0 bridgehead atoms. The minimum Gasteiger partial charge on any atom is -0.307 e. The Morgan fingerprint density at radius 3 is 2.10 bits per heavy atom. The molecule has 0 fully saturated rings. The second kappa shape index (κ2) is 5.97. The zero-order chi connectivity index (χ0) is 14.7. The predicted octanol–water partition coefficient (Wildman–Crippen LogP) is 4.91. The SMILES string of the molecule is Cc1ccc(C)c(NC(=O)Nc2cc(Cl)ccc2C)c1. The molecule has 0 aromatic heterocycles. The average Bonchev–Trinajstić information content (AvgIpc) is 2.38. The van der Waals surface area contributed by atoms with E-state index in [2.05, 4.69) is 10.6 Å². The van der Waals surface area contributed by atoms with Crippen LogP contribution in [0.25, 0.3) is 0 Å². The number of carbonyl (C=O) groups is 1. The monoisotopic (exact) mass is 288 g/mol. The van der Waals surface area contributed by atoms with Crippen molar-refractivity contribution in [1.82, 2.24) is 0 Å². The van der Waals surface area contributed by atoms with Crippen LogP contribution in [0.5, 0.6) is 0 Å². The van der Waals surface area contributed by atoms with Gasteiger partial charge in [-0.25, -0.2) is 4.79 Å². The summed E-state index contributed by atoms with van der Waals surface area (Å²) in [6.45, 7) is 5.87. The summed E-state index contributed by atoms with van der Waals surface area (Å²) in [5, 5.41) is 6.26. The third kappa shape index (κ3) is 3.52. The van der Waals surface area contributed by atoms with E-state index >= 15 is 0 Å². The Bertz CT molecular complexity index is 597. The Balaban J connectivity index is 2.13. The molecule has 0 atom stereocenters. The number of rotatable bonds is 2. The van der Waals surface area contributed by atoms with Gasteiger partial charge in [0.1, 0.15) is 0 Å². The maximum absolute atomic E-state index is 12.0. The highest BCUT2D eigenvalue weighted by Gasteiger charge is 2.07. The molecule has 0 spiro atoms. The molecule has 0 radical (unpaired) electrons. The lowest BCUT2D eigenvalue weighted by atomic mass is 10.1. The van der Waals surface area contributed by atoms with Gasteiger partial charge in [-0.1, -0.05) is 29.8 Å². The number of urea groups is 1. The molecule has 0 aliphatic carbocycles. The zero-order valence-electron chi connectivity index (χ0n) is 11.8. The number of halogens is 1. The molecule has 0 aliphatic heterocycles. The molecule has 3 nitrogen and oxygen atoms in total. The molecule has 2 amide bonds.